The first-order valence-electron chi connectivity index (χ1n) is 8.30. The summed E-state index contributed by atoms with van der Waals surface area (Å²) in [6.45, 7) is 0.519. The van der Waals surface area contributed by atoms with E-state index in [1.807, 2.05) is 36.4 Å². The van der Waals surface area contributed by atoms with Crippen LogP contribution in [0.15, 0.2) is 79.1 Å². The second-order valence-corrected chi connectivity index (χ2v) is 5.93. The third kappa shape index (κ3) is 2.91. The van der Waals surface area contributed by atoms with Gasteiger partial charge < -0.3 is 10.4 Å². The van der Waals surface area contributed by atoms with E-state index in [2.05, 4.69) is 28.5 Å². The highest BCUT2D eigenvalue weighted by atomic mass is 16.4. The fraction of sp³-hybridized carbons (Fsp3) is 0.0476. The number of aromatic nitrogens is 2. The Morgan fingerprint density at radius 1 is 1.00 bits per heavy atom. The fourth-order valence-electron chi connectivity index (χ4n) is 3.12. The molecule has 0 aliphatic carbocycles. The molecule has 0 saturated heterocycles. The van der Waals surface area contributed by atoms with Crippen LogP contribution in [0.25, 0.3) is 16.8 Å². The van der Waals surface area contributed by atoms with E-state index in [0.29, 0.717) is 17.9 Å². The van der Waals surface area contributed by atoms with Crippen molar-refractivity contribution in [2.75, 3.05) is 5.32 Å². The number of anilines is 1. The quantitative estimate of drug-likeness (QED) is 0.567. The maximum absolute atomic E-state index is 11.7. The first-order chi connectivity index (χ1) is 12.7. The lowest BCUT2D eigenvalue weighted by atomic mass is 10.00. The number of nitrogens with one attached hydrogen (secondary N) is 1. The molecular weight excluding hydrogens is 326 g/mol. The van der Waals surface area contributed by atoms with Crippen molar-refractivity contribution < 1.29 is 9.90 Å². The Bertz CT molecular complexity index is 1070. The molecule has 26 heavy (non-hydrogen) atoms. The van der Waals surface area contributed by atoms with E-state index in [1.165, 1.54) is 0 Å². The van der Waals surface area contributed by atoms with E-state index in [4.69, 9.17) is 0 Å². The third-order valence-corrected chi connectivity index (χ3v) is 4.34. The number of imidazole rings is 1. The van der Waals surface area contributed by atoms with Gasteiger partial charge in [-0.2, -0.15) is 0 Å². The number of carbonyl (C=O) groups is 1. The minimum atomic E-state index is -0.993. The lowest BCUT2D eigenvalue weighted by molar-refractivity contribution is 0.0690. The Balaban J connectivity index is 1.68. The standard InChI is InChI=1S/C21H17N3O2/c25-21(26)20-18(10-11-19-22-12-13-24(19)20)23-14-16-8-4-5-9-17(16)15-6-2-1-3-7-15/h1-13,23H,14H2,(H,25,26). The van der Waals surface area contributed by atoms with Crippen LogP contribution in [0, 0.1) is 0 Å². The van der Waals surface area contributed by atoms with Crippen molar-refractivity contribution in [1.82, 2.24) is 9.38 Å². The molecule has 4 aromatic rings. The molecule has 4 rings (SSSR count). The molecule has 0 fully saturated rings. The van der Waals surface area contributed by atoms with Crippen molar-refractivity contribution in [1.29, 1.82) is 0 Å². The zero-order chi connectivity index (χ0) is 17.9. The van der Waals surface area contributed by atoms with Crippen molar-refractivity contribution in [2.45, 2.75) is 6.54 Å². The van der Waals surface area contributed by atoms with Gasteiger partial charge in [-0.15, -0.1) is 0 Å². The Hall–Kier alpha value is -3.60. The van der Waals surface area contributed by atoms with Gasteiger partial charge in [-0.05, 0) is 28.8 Å². The number of hydrogen-bond acceptors (Lipinski definition) is 3. The topological polar surface area (TPSA) is 66.6 Å². The maximum Gasteiger partial charge on any atom is 0.355 e. The number of hydrogen-bond donors (Lipinski definition) is 2. The SMILES string of the molecule is O=C(O)c1c(NCc2ccccc2-c2ccccc2)ccc2nccn12. The van der Waals surface area contributed by atoms with E-state index in [9.17, 15) is 9.90 Å². The summed E-state index contributed by atoms with van der Waals surface area (Å²) in [5.41, 5.74) is 4.70. The van der Waals surface area contributed by atoms with Crippen LogP contribution >= 0.6 is 0 Å². The molecule has 128 valence electrons. The molecule has 0 spiro atoms. The zero-order valence-electron chi connectivity index (χ0n) is 14.0. The molecule has 2 heterocycles. The number of carboxylic acids is 1. The van der Waals surface area contributed by atoms with Gasteiger partial charge in [-0.25, -0.2) is 9.78 Å². The highest BCUT2D eigenvalue weighted by Gasteiger charge is 2.15. The van der Waals surface area contributed by atoms with Crippen LogP contribution < -0.4 is 5.32 Å². The van der Waals surface area contributed by atoms with Crippen molar-refractivity contribution in [3.63, 3.8) is 0 Å². The van der Waals surface area contributed by atoms with Gasteiger partial charge in [0, 0.05) is 18.9 Å². The number of aromatic carboxylic acids is 1. The first kappa shape index (κ1) is 15.9. The molecule has 2 N–H and O–H groups in total. The molecule has 5 nitrogen and oxygen atoms in total. The molecule has 0 radical (unpaired) electrons. The summed E-state index contributed by atoms with van der Waals surface area (Å²) >= 11 is 0. The van der Waals surface area contributed by atoms with Crippen LogP contribution in [0.3, 0.4) is 0 Å². The van der Waals surface area contributed by atoms with Gasteiger partial charge in [-0.1, -0.05) is 54.6 Å². The molecule has 0 unspecified atom stereocenters. The van der Waals surface area contributed by atoms with Crippen molar-refractivity contribution in [3.8, 4) is 11.1 Å². The molecular formula is C21H17N3O2. The van der Waals surface area contributed by atoms with Crippen LogP contribution in [0.5, 0.6) is 0 Å². The number of nitrogens with zero attached hydrogens (tertiary/aromatic N) is 2. The minimum absolute atomic E-state index is 0.178. The van der Waals surface area contributed by atoms with Gasteiger partial charge in [0.05, 0.1) is 5.69 Å². The van der Waals surface area contributed by atoms with Crippen molar-refractivity contribution in [3.05, 3.63) is 90.4 Å². The number of pyridine rings is 1. The Kier molecular flexibility index (Phi) is 4.11. The first-order valence-corrected chi connectivity index (χ1v) is 8.30. The van der Waals surface area contributed by atoms with Crippen LogP contribution in [0.1, 0.15) is 16.1 Å². The molecule has 0 atom stereocenters. The summed E-state index contributed by atoms with van der Waals surface area (Å²) < 4.78 is 1.58. The summed E-state index contributed by atoms with van der Waals surface area (Å²) in [7, 11) is 0. The monoisotopic (exact) mass is 343 g/mol. The summed E-state index contributed by atoms with van der Waals surface area (Å²) in [6, 6.07) is 21.8. The van der Waals surface area contributed by atoms with Crippen LogP contribution in [0.4, 0.5) is 5.69 Å². The predicted octanol–water partition coefficient (Wildman–Crippen LogP) is 4.31. The van der Waals surface area contributed by atoms with E-state index in [-0.39, 0.29) is 5.69 Å². The van der Waals surface area contributed by atoms with Gasteiger partial charge in [-0.3, -0.25) is 4.40 Å². The molecule has 0 bridgehead atoms. The second-order valence-electron chi connectivity index (χ2n) is 5.93. The van der Waals surface area contributed by atoms with Gasteiger partial charge in [0.25, 0.3) is 0 Å². The van der Waals surface area contributed by atoms with Gasteiger partial charge in [0.1, 0.15) is 5.65 Å². The Morgan fingerprint density at radius 3 is 2.58 bits per heavy atom. The molecule has 0 aliphatic heterocycles. The van der Waals surface area contributed by atoms with Crippen LogP contribution in [0.2, 0.25) is 0 Å². The number of benzene rings is 2. The normalized spacial score (nSPS) is 10.8. The molecule has 0 aliphatic rings. The molecule has 5 heteroatoms. The van der Waals surface area contributed by atoms with Gasteiger partial charge in [0.15, 0.2) is 5.69 Å². The lowest BCUT2D eigenvalue weighted by Crippen LogP contribution is -2.11. The smallest absolute Gasteiger partial charge is 0.355 e. The average molecular weight is 343 g/mol. The summed E-state index contributed by atoms with van der Waals surface area (Å²) in [5.74, 6) is -0.993. The zero-order valence-corrected chi connectivity index (χ0v) is 14.0. The molecule has 2 aromatic carbocycles. The summed E-state index contributed by atoms with van der Waals surface area (Å²) in [6.07, 6.45) is 3.25. The molecule has 0 saturated carbocycles. The third-order valence-electron chi connectivity index (χ3n) is 4.34. The van der Waals surface area contributed by atoms with Crippen molar-refractivity contribution in [2.24, 2.45) is 0 Å². The molecule has 2 aromatic heterocycles. The van der Waals surface area contributed by atoms with Crippen LogP contribution in [-0.4, -0.2) is 20.5 Å². The van der Waals surface area contributed by atoms with E-state index < -0.39 is 5.97 Å². The second kappa shape index (κ2) is 6.72. The predicted molar refractivity (Wildman–Crippen MR) is 101 cm³/mol. The van der Waals surface area contributed by atoms with Crippen molar-refractivity contribution >= 4 is 17.3 Å². The Labute approximate surface area is 150 Å². The van der Waals surface area contributed by atoms with E-state index in [0.717, 1.165) is 16.7 Å². The minimum Gasteiger partial charge on any atom is -0.476 e. The lowest BCUT2D eigenvalue weighted by Gasteiger charge is -2.14. The summed E-state index contributed by atoms with van der Waals surface area (Å²) in [4.78, 5) is 15.9. The number of carboxylic acid groups (broad SMARTS) is 1. The molecule has 0 amide bonds. The highest BCUT2D eigenvalue weighted by Crippen LogP contribution is 2.25. The van der Waals surface area contributed by atoms with E-state index >= 15 is 0 Å². The van der Waals surface area contributed by atoms with Gasteiger partial charge in [0.2, 0.25) is 0 Å². The van der Waals surface area contributed by atoms with Gasteiger partial charge >= 0.3 is 5.97 Å². The number of rotatable bonds is 5. The van der Waals surface area contributed by atoms with E-state index in [1.54, 1.807) is 28.9 Å². The number of fused-ring (bicyclic) bond motifs is 1. The van der Waals surface area contributed by atoms with Crippen LogP contribution in [-0.2, 0) is 6.54 Å². The summed E-state index contributed by atoms with van der Waals surface area (Å²) in [5, 5.41) is 12.9. The largest absolute Gasteiger partial charge is 0.476 e. The highest BCUT2D eigenvalue weighted by molar-refractivity contribution is 5.93. The fourth-order valence-corrected chi connectivity index (χ4v) is 3.12. The Morgan fingerprint density at radius 2 is 1.77 bits per heavy atom. The average Bonchev–Trinajstić information content (AvgIpc) is 3.15. The maximum atomic E-state index is 11.7.